The van der Waals surface area contributed by atoms with Gasteiger partial charge in [-0.2, -0.15) is 0 Å². The molecule has 0 fully saturated rings. The van der Waals surface area contributed by atoms with Crippen LogP contribution in [0.15, 0.2) is 59.6 Å². The van der Waals surface area contributed by atoms with E-state index >= 15 is 0 Å². The van der Waals surface area contributed by atoms with Gasteiger partial charge in [-0.1, -0.05) is 97.0 Å². The summed E-state index contributed by atoms with van der Waals surface area (Å²) in [6.07, 6.45) is 0. The van der Waals surface area contributed by atoms with Gasteiger partial charge < -0.3 is 5.09 Å². The van der Waals surface area contributed by atoms with Gasteiger partial charge in [-0.25, -0.2) is 4.99 Å². The number of nitrogens with one attached hydrogen (secondary N) is 1. The van der Waals surface area contributed by atoms with Crippen molar-refractivity contribution in [3.05, 3.63) is 65.7 Å². The van der Waals surface area contributed by atoms with E-state index in [1.54, 1.807) is 0 Å². The lowest BCUT2D eigenvalue weighted by Gasteiger charge is -2.28. The maximum atomic E-state index is 5.12. The minimum Gasteiger partial charge on any atom is -0.348 e. The maximum absolute atomic E-state index is 5.12. The van der Waals surface area contributed by atoms with Crippen LogP contribution in [0.2, 0.25) is 0 Å². The summed E-state index contributed by atoms with van der Waals surface area (Å²) in [5.41, 5.74) is 4.71. The summed E-state index contributed by atoms with van der Waals surface area (Å²) in [4.78, 5) is 5.12. The number of aliphatic imine (C=N–C) groups is 1. The Labute approximate surface area is 161 Å². The zero-order valence-corrected chi connectivity index (χ0v) is 18.1. The van der Waals surface area contributed by atoms with E-state index in [1.807, 2.05) is 0 Å². The highest BCUT2D eigenvalue weighted by molar-refractivity contribution is 7.57. The molecule has 2 aromatic carbocycles. The smallest absolute Gasteiger partial charge is 0.137 e. The van der Waals surface area contributed by atoms with Crippen LogP contribution in [0.1, 0.15) is 59.6 Å². The van der Waals surface area contributed by atoms with Crippen LogP contribution >= 0.6 is 8.07 Å². The Morgan fingerprint density at radius 2 is 1.38 bits per heavy atom. The Hall–Kier alpha value is -1.66. The molecule has 2 aromatic rings. The van der Waals surface area contributed by atoms with Gasteiger partial charge in [-0.15, -0.1) is 0 Å². The molecular weight excluding hydrogens is 335 g/mol. The number of amidine groups is 1. The average Bonchev–Trinajstić information content (AvgIpc) is 2.58. The first kappa shape index (κ1) is 20.6. The van der Waals surface area contributed by atoms with Crippen LogP contribution in [-0.2, 0) is 5.41 Å². The van der Waals surface area contributed by atoms with E-state index in [4.69, 9.17) is 4.99 Å². The van der Waals surface area contributed by atoms with Crippen LogP contribution in [0.25, 0.3) is 0 Å². The van der Waals surface area contributed by atoms with Gasteiger partial charge in [-0.3, -0.25) is 0 Å². The van der Waals surface area contributed by atoms with Crippen molar-refractivity contribution in [2.75, 3.05) is 0 Å². The third-order valence-corrected chi connectivity index (χ3v) is 7.03. The standard InChI is InChI=1S/C23H33N2P/c1-17(2)26(18(3)4)25-22(19-13-9-8-10-14-19)24-21-16-12-11-15-20(21)23(5,6)7/h8-18H,1-7H3,(H,24,25). The fourth-order valence-corrected chi connectivity index (χ4v) is 5.19. The first-order chi connectivity index (χ1) is 12.2. The molecule has 26 heavy (non-hydrogen) atoms. The molecule has 0 radical (unpaired) electrons. The molecule has 0 bridgehead atoms. The monoisotopic (exact) mass is 368 g/mol. The Morgan fingerprint density at radius 1 is 0.846 bits per heavy atom. The third-order valence-electron chi connectivity index (χ3n) is 4.34. The molecule has 0 saturated heterocycles. The number of para-hydroxylation sites is 1. The van der Waals surface area contributed by atoms with Crippen LogP contribution in [0.4, 0.5) is 5.69 Å². The lowest BCUT2D eigenvalue weighted by atomic mass is 9.86. The molecule has 140 valence electrons. The zero-order chi connectivity index (χ0) is 19.3. The van der Waals surface area contributed by atoms with Crippen LogP contribution in [0, 0.1) is 0 Å². The van der Waals surface area contributed by atoms with E-state index in [9.17, 15) is 0 Å². The number of benzene rings is 2. The second kappa shape index (κ2) is 8.82. The minimum atomic E-state index is -0.356. The summed E-state index contributed by atoms with van der Waals surface area (Å²) in [5.74, 6) is 0.982. The van der Waals surface area contributed by atoms with Gasteiger partial charge in [0.2, 0.25) is 0 Å². The molecule has 0 aliphatic heterocycles. The maximum Gasteiger partial charge on any atom is 0.137 e. The van der Waals surface area contributed by atoms with Gasteiger partial charge in [0.1, 0.15) is 5.84 Å². The molecule has 0 heterocycles. The van der Waals surface area contributed by atoms with E-state index in [1.165, 1.54) is 5.56 Å². The van der Waals surface area contributed by atoms with Gasteiger partial charge in [0, 0.05) is 5.56 Å². The van der Waals surface area contributed by atoms with E-state index < -0.39 is 0 Å². The van der Waals surface area contributed by atoms with Crippen molar-refractivity contribution in [1.29, 1.82) is 0 Å². The fraction of sp³-hybridized carbons (Fsp3) is 0.435. The number of rotatable bonds is 5. The second-order valence-corrected chi connectivity index (χ2v) is 11.4. The topological polar surface area (TPSA) is 24.4 Å². The SMILES string of the molecule is CC(C)P(NC(=Nc1ccccc1C(C)(C)C)c1ccccc1)C(C)C. The van der Waals surface area contributed by atoms with Crippen molar-refractivity contribution >= 4 is 19.6 Å². The molecule has 0 unspecified atom stereocenters. The van der Waals surface area contributed by atoms with Crippen molar-refractivity contribution in [3.8, 4) is 0 Å². The van der Waals surface area contributed by atoms with Gasteiger partial charge >= 0.3 is 0 Å². The zero-order valence-electron chi connectivity index (χ0n) is 17.2. The molecule has 3 heteroatoms. The molecule has 0 atom stereocenters. The van der Waals surface area contributed by atoms with Crippen molar-refractivity contribution in [2.24, 2.45) is 4.99 Å². The predicted octanol–water partition coefficient (Wildman–Crippen LogP) is 6.87. The molecule has 2 nitrogen and oxygen atoms in total. The van der Waals surface area contributed by atoms with Gasteiger partial charge in [-0.05, 0) is 36.4 Å². The summed E-state index contributed by atoms with van der Waals surface area (Å²) in [5, 5.41) is 3.81. The van der Waals surface area contributed by atoms with Crippen molar-refractivity contribution < 1.29 is 0 Å². The van der Waals surface area contributed by atoms with E-state index in [0.717, 1.165) is 17.1 Å². The third kappa shape index (κ3) is 5.42. The molecule has 0 aliphatic carbocycles. The van der Waals surface area contributed by atoms with Crippen molar-refractivity contribution in [1.82, 2.24) is 5.09 Å². The first-order valence-electron chi connectivity index (χ1n) is 9.48. The number of nitrogens with zero attached hydrogens (tertiary/aromatic N) is 1. The van der Waals surface area contributed by atoms with E-state index in [-0.39, 0.29) is 13.5 Å². The van der Waals surface area contributed by atoms with Crippen LogP contribution in [0.3, 0.4) is 0 Å². The lowest BCUT2D eigenvalue weighted by molar-refractivity contribution is 0.591. The molecular formula is C23H33N2P. The number of hydrogen-bond donors (Lipinski definition) is 1. The second-order valence-electron chi connectivity index (χ2n) is 8.30. The predicted molar refractivity (Wildman–Crippen MR) is 118 cm³/mol. The summed E-state index contributed by atoms with van der Waals surface area (Å²) in [6, 6.07) is 19.0. The Bertz CT molecular complexity index is 719. The molecule has 0 aliphatic rings. The Morgan fingerprint density at radius 3 is 1.92 bits per heavy atom. The number of hydrogen-bond acceptors (Lipinski definition) is 1. The quantitative estimate of drug-likeness (QED) is 0.348. The molecule has 1 N–H and O–H groups in total. The molecule has 0 aromatic heterocycles. The van der Waals surface area contributed by atoms with Crippen LogP contribution in [0.5, 0.6) is 0 Å². The minimum absolute atomic E-state index is 0.0583. The summed E-state index contributed by atoms with van der Waals surface area (Å²) >= 11 is 0. The van der Waals surface area contributed by atoms with Crippen molar-refractivity contribution in [3.63, 3.8) is 0 Å². The molecule has 0 saturated carbocycles. The van der Waals surface area contributed by atoms with E-state index in [2.05, 4.69) is 108 Å². The molecule has 2 rings (SSSR count). The highest BCUT2D eigenvalue weighted by atomic mass is 31.1. The molecule has 0 spiro atoms. The Balaban J connectivity index is 2.54. The van der Waals surface area contributed by atoms with E-state index in [0.29, 0.717) is 11.3 Å². The normalized spacial score (nSPS) is 12.9. The first-order valence-corrected chi connectivity index (χ1v) is 11.0. The van der Waals surface area contributed by atoms with Gasteiger partial charge in [0.15, 0.2) is 0 Å². The van der Waals surface area contributed by atoms with Crippen LogP contribution in [-0.4, -0.2) is 17.2 Å². The van der Waals surface area contributed by atoms with Gasteiger partial charge in [0.25, 0.3) is 0 Å². The van der Waals surface area contributed by atoms with Crippen molar-refractivity contribution in [2.45, 2.75) is 65.2 Å². The average molecular weight is 369 g/mol. The summed E-state index contributed by atoms with van der Waals surface area (Å²) in [6.45, 7) is 15.9. The largest absolute Gasteiger partial charge is 0.348 e. The van der Waals surface area contributed by atoms with Crippen LogP contribution < -0.4 is 5.09 Å². The fourth-order valence-electron chi connectivity index (χ4n) is 3.05. The lowest BCUT2D eigenvalue weighted by Crippen LogP contribution is -2.26. The summed E-state index contributed by atoms with van der Waals surface area (Å²) < 4.78 is 0. The Kier molecular flexibility index (Phi) is 7.01. The highest BCUT2D eigenvalue weighted by Crippen LogP contribution is 2.42. The highest BCUT2D eigenvalue weighted by Gasteiger charge is 2.21. The van der Waals surface area contributed by atoms with Gasteiger partial charge in [0.05, 0.1) is 5.69 Å². The summed E-state index contributed by atoms with van der Waals surface area (Å²) in [7, 11) is -0.356. The molecule has 0 amide bonds.